The van der Waals surface area contributed by atoms with Gasteiger partial charge in [-0.25, -0.2) is 0 Å². The van der Waals surface area contributed by atoms with Crippen molar-refractivity contribution in [1.29, 1.82) is 0 Å². The summed E-state index contributed by atoms with van der Waals surface area (Å²) in [6.45, 7) is 7.64. The van der Waals surface area contributed by atoms with Gasteiger partial charge >= 0.3 is 0 Å². The summed E-state index contributed by atoms with van der Waals surface area (Å²) in [7, 11) is 0. The van der Waals surface area contributed by atoms with Crippen LogP contribution in [-0.2, 0) is 20.9 Å². The summed E-state index contributed by atoms with van der Waals surface area (Å²) in [5.41, 5.74) is 1.45. The topological polar surface area (TPSA) is 96.3 Å². The number of aryl methyl sites for hydroxylation is 1. The number of piperidine rings is 1. The third-order valence-corrected chi connectivity index (χ3v) is 5.68. The van der Waals surface area contributed by atoms with Crippen LogP contribution in [0, 0.1) is 11.8 Å². The average molecular weight is 440 g/mol. The van der Waals surface area contributed by atoms with Gasteiger partial charge in [-0.1, -0.05) is 44.2 Å². The summed E-state index contributed by atoms with van der Waals surface area (Å²) >= 11 is 0. The molecule has 8 nitrogen and oxygen atoms in total. The van der Waals surface area contributed by atoms with Crippen LogP contribution in [0.2, 0.25) is 0 Å². The number of nitrogens with zero attached hydrogens (tertiary/aromatic N) is 3. The van der Waals surface area contributed by atoms with Crippen molar-refractivity contribution in [3.63, 3.8) is 0 Å². The molecule has 0 aliphatic carbocycles. The number of aromatic nitrogens is 2. The van der Waals surface area contributed by atoms with Crippen molar-refractivity contribution in [2.75, 3.05) is 18.4 Å². The second-order valence-corrected chi connectivity index (χ2v) is 8.68. The first kappa shape index (κ1) is 23.5. The number of nitrogens with one attached hydrogen (secondary N) is 2. The van der Waals surface area contributed by atoms with E-state index < -0.39 is 6.04 Å². The Balaban J connectivity index is 1.60. The first-order valence-corrected chi connectivity index (χ1v) is 11.3. The zero-order valence-electron chi connectivity index (χ0n) is 19.1. The molecule has 1 atom stereocenters. The highest BCUT2D eigenvalue weighted by Crippen LogP contribution is 2.23. The van der Waals surface area contributed by atoms with E-state index in [2.05, 4.69) is 15.7 Å². The number of likely N-dealkylation sites (tertiary alicyclic amines) is 1. The lowest BCUT2D eigenvalue weighted by atomic mass is 9.94. The minimum atomic E-state index is -0.715. The number of hydrogen-bond acceptors (Lipinski definition) is 4. The van der Waals surface area contributed by atoms with Crippen LogP contribution in [0.5, 0.6) is 0 Å². The fraction of sp³-hybridized carbons (Fsp3) is 0.500. The molecule has 1 unspecified atom stereocenters. The maximum Gasteiger partial charge on any atom is 0.249 e. The molecule has 2 heterocycles. The van der Waals surface area contributed by atoms with Crippen molar-refractivity contribution in [1.82, 2.24) is 20.0 Å². The van der Waals surface area contributed by atoms with Crippen molar-refractivity contribution < 1.29 is 14.4 Å². The van der Waals surface area contributed by atoms with Crippen LogP contribution in [0.1, 0.15) is 51.6 Å². The molecular formula is C24H33N5O3. The summed E-state index contributed by atoms with van der Waals surface area (Å²) in [5, 5.41) is 10.0. The van der Waals surface area contributed by atoms with Crippen molar-refractivity contribution in [3.8, 4) is 0 Å². The summed E-state index contributed by atoms with van der Waals surface area (Å²) in [6.07, 6.45) is 4.99. The number of carbonyl (C=O) groups is 3. The van der Waals surface area contributed by atoms with Gasteiger partial charge in [0.2, 0.25) is 17.7 Å². The van der Waals surface area contributed by atoms with Crippen LogP contribution in [0.25, 0.3) is 0 Å². The molecule has 3 rings (SSSR count). The molecule has 1 aliphatic rings. The molecule has 0 bridgehead atoms. The zero-order chi connectivity index (χ0) is 23.1. The van der Waals surface area contributed by atoms with Gasteiger partial charge in [0, 0.05) is 38.2 Å². The summed E-state index contributed by atoms with van der Waals surface area (Å²) in [4.78, 5) is 40.1. The Morgan fingerprint density at radius 2 is 1.81 bits per heavy atom. The number of carbonyl (C=O) groups excluding carboxylic acids is 3. The van der Waals surface area contributed by atoms with Crippen molar-refractivity contribution in [3.05, 3.63) is 48.3 Å². The van der Waals surface area contributed by atoms with E-state index in [1.54, 1.807) is 22.0 Å². The van der Waals surface area contributed by atoms with Crippen LogP contribution in [0.15, 0.2) is 42.7 Å². The van der Waals surface area contributed by atoms with E-state index in [-0.39, 0.29) is 29.6 Å². The van der Waals surface area contributed by atoms with Crippen LogP contribution < -0.4 is 10.6 Å². The van der Waals surface area contributed by atoms with Gasteiger partial charge < -0.3 is 15.5 Å². The van der Waals surface area contributed by atoms with E-state index in [1.165, 1.54) is 0 Å². The standard InChI is InChI=1S/C24H33N5O3/c1-4-29-16-20(15-25-29)26-23(31)19-10-12-28(13-11-19)24(32)22(18-8-6-5-7-9-18)27-21(30)14-17(2)3/h5-9,15-17,19,22H,4,10-14H2,1-3H3,(H,26,31)(H,27,30). The minimum Gasteiger partial charge on any atom is -0.341 e. The first-order valence-electron chi connectivity index (χ1n) is 11.3. The Morgan fingerprint density at radius 1 is 1.12 bits per heavy atom. The second-order valence-electron chi connectivity index (χ2n) is 8.68. The summed E-state index contributed by atoms with van der Waals surface area (Å²) in [6, 6.07) is 8.61. The Kier molecular flexibility index (Phi) is 8.03. The van der Waals surface area contributed by atoms with Gasteiger partial charge in [-0.15, -0.1) is 0 Å². The Hall–Kier alpha value is -3.16. The molecule has 3 amide bonds. The summed E-state index contributed by atoms with van der Waals surface area (Å²) < 4.78 is 1.76. The van der Waals surface area contributed by atoms with E-state index >= 15 is 0 Å². The monoisotopic (exact) mass is 439 g/mol. The molecule has 172 valence electrons. The summed E-state index contributed by atoms with van der Waals surface area (Å²) in [5.74, 6) is -0.256. The maximum absolute atomic E-state index is 13.3. The molecule has 2 aromatic rings. The Bertz CT molecular complexity index is 917. The van der Waals surface area contributed by atoms with Crippen LogP contribution in [0.4, 0.5) is 5.69 Å². The smallest absolute Gasteiger partial charge is 0.249 e. The molecule has 8 heteroatoms. The number of hydrogen-bond donors (Lipinski definition) is 2. The van der Waals surface area contributed by atoms with Gasteiger partial charge in [-0.3, -0.25) is 19.1 Å². The number of benzene rings is 1. The largest absolute Gasteiger partial charge is 0.341 e. The number of anilines is 1. The van der Waals surface area contributed by atoms with Gasteiger partial charge in [-0.05, 0) is 31.2 Å². The lowest BCUT2D eigenvalue weighted by molar-refractivity contribution is -0.139. The second kappa shape index (κ2) is 10.9. The van der Waals surface area contributed by atoms with E-state index in [1.807, 2.05) is 51.1 Å². The third kappa shape index (κ3) is 6.18. The third-order valence-electron chi connectivity index (χ3n) is 5.68. The van der Waals surface area contributed by atoms with Crippen LogP contribution in [-0.4, -0.2) is 45.5 Å². The molecule has 0 radical (unpaired) electrons. The highest BCUT2D eigenvalue weighted by Gasteiger charge is 2.32. The van der Waals surface area contributed by atoms with E-state index in [0.717, 1.165) is 12.1 Å². The quantitative estimate of drug-likeness (QED) is 0.661. The molecule has 0 saturated carbocycles. The molecule has 1 aromatic heterocycles. The van der Waals surface area contributed by atoms with Gasteiger partial charge in [0.05, 0.1) is 11.9 Å². The lowest BCUT2D eigenvalue weighted by Gasteiger charge is -2.34. The van der Waals surface area contributed by atoms with Crippen LogP contribution in [0.3, 0.4) is 0 Å². The Labute approximate surface area is 189 Å². The van der Waals surface area contributed by atoms with Crippen LogP contribution >= 0.6 is 0 Å². The van der Waals surface area contributed by atoms with Gasteiger partial charge in [0.25, 0.3) is 0 Å². The normalized spacial score (nSPS) is 15.4. The van der Waals surface area contributed by atoms with Crippen molar-refractivity contribution in [2.45, 2.75) is 52.6 Å². The molecule has 1 aliphatic heterocycles. The predicted octanol–water partition coefficient (Wildman–Crippen LogP) is 2.98. The number of amides is 3. The average Bonchev–Trinajstić information content (AvgIpc) is 3.24. The van der Waals surface area contributed by atoms with E-state index in [9.17, 15) is 14.4 Å². The molecule has 0 spiro atoms. The van der Waals surface area contributed by atoms with E-state index in [0.29, 0.717) is 38.0 Å². The fourth-order valence-electron chi connectivity index (χ4n) is 3.91. The highest BCUT2D eigenvalue weighted by atomic mass is 16.2. The molecule has 1 aromatic carbocycles. The van der Waals surface area contributed by atoms with Gasteiger partial charge in [0.15, 0.2) is 0 Å². The molecule has 1 saturated heterocycles. The maximum atomic E-state index is 13.3. The predicted molar refractivity (Wildman–Crippen MR) is 123 cm³/mol. The fourth-order valence-corrected chi connectivity index (χ4v) is 3.91. The van der Waals surface area contributed by atoms with Gasteiger partial charge in [0.1, 0.15) is 6.04 Å². The zero-order valence-corrected chi connectivity index (χ0v) is 19.1. The molecule has 1 fully saturated rings. The Morgan fingerprint density at radius 3 is 2.41 bits per heavy atom. The highest BCUT2D eigenvalue weighted by molar-refractivity contribution is 5.93. The SMILES string of the molecule is CCn1cc(NC(=O)C2CCN(C(=O)C(NC(=O)CC(C)C)c3ccccc3)CC2)cn1. The molecule has 32 heavy (non-hydrogen) atoms. The lowest BCUT2D eigenvalue weighted by Crippen LogP contribution is -2.47. The minimum absolute atomic E-state index is 0.0439. The first-order chi connectivity index (χ1) is 15.4. The van der Waals surface area contributed by atoms with E-state index in [4.69, 9.17) is 0 Å². The number of rotatable bonds is 8. The van der Waals surface area contributed by atoms with Crippen molar-refractivity contribution >= 4 is 23.4 Å². The van der Waals surface area contributed by atoms with Crippen molar-refractivity contribution in [2.24, 2.45) is 11.8 Å². The molecule has 2 N–H and O–H groups in total. The van der Waals surface area contributed by atoms with Gasteiger partial charge in [-0.2, -0.15) is 5.10 Å². The molecular weight excluding hydrogens is 406 g/mol.